The smallest absolute Gasteiger partial charge is 0.243 e. The first kappa shape index (κ1) is 16.7. The van der Waals surface area contributed by atoms with Crippen molar-refractivity contribution in [2.45, 2.75) is 20.3 Å². The molecule has 2 amide bonds. The van der Waals surface area contributed by atoms with Crippen LogP contribution in [0.15, 0.2) is 42.5 Å². The Kier molecular flexibility index (Phi) is 5.46. The van der Waals surface area contributed by atoms with Crippen LogP contribution in [0.2, 0.25) is 0 Å². The lowest BCUT2D eigenvalue weighted by Crippen LogP contribution is -2.33. The summed E-state index contributed by atoms with van der Waals surface area (Å²) in [6, 6.07) is 11.4. The Morgan fingerprint density at radius 1 is 1.00 bits per heavy atom. The van der Waals surface area contributed by atoms with Crippen LogP contribution in [0.4, 0.5) is 10.1 Å². The highest BCUT2D eigenvalue weighted by molar-refractivity contribution is 5.94. The highest BCUT2D eigenvalue weighted by atomic mass is 19.1. The Hall–Kier alpha value is -2.69. The van der Waals surface area contributed by atoms with Crippen molar-refractivity contribution in [2.75, 3.05) is 11.9 Å². The number of nitrogens with one attached hydrogen (secondary N) is 2. The van der Waals surface area contributed by atoms with Gasteiger partial charge in [-0.2, -0.15) is 0 Å². The van der Waals surface area contributed by atoms with Crippen LogP contribution in [-0.4, -0.2) is 18.4 Å². The molecule has 0 aromatic heterocycles. The molecule has 2 aromatic carbocycles. The number of carbonyl (C=O) groups is 2. The maximum Gasteiger partial charge on any atom is 0.243 e. The van der Waals surface area contributed by atoms with E-state index in [1.807, 2.05) is 32.0 Å². The van der Waals surface area contributed by atoms with Gasteiger partial charge in [0.15, 0.2) is 0 Å². The summed E-state index contributed by atoms with van der Waals surface area (Å²) in [4.78, 5) is 23.6. The fourth-order valence-electron chi connectivity index (χ4n) is 2.10. The van der Waals surface area contributed by atoms with Gasteiger partial charge in [0.2, 0.25) is 11.8 Å². The number of hydrogen-bond acceptors (Lipinski definition) is 2. The zero-order valence-electron chi connectivity index (χ0n) is 13.2. The minimum Gasteiger partial charge on any atom is -0.347 e. The maximum atomic E-state index is 13.0. The second kappa shape index (κ2) is 7.54. The molecular formula is C18H19FN2O2. The molecule has 120 valence electrons. The molecule has 0 fully saturated rings. The maximum absolute atomic E-state index is 13.0. The molecule has 2 aromatic rings. The number of amides is 2. The van der Waals surface area contributed by atoms with Gasteiger partial charge < -0.3 is 10.6 Å². The van der Waals surface area contributed by atoms with Gasteiger partial charge in [-0.05, 0) is 54.8 Å². The molecule has 0 aliphatic heterocycles. The normalized spacial score (nSPS) is 10.2. The number of carbonyl (C=O) groups excluding carboxylic acids is 2. The summed E-state index contributed by atoms with van der Waals surface area (Å²) in [6.45, 7) is 3.83. The van der Waals surface area contributed by atoms with E-state index >= 15 is 0 Å². The lowest BCUT2D eigenvalue weighted by atomic mass is 10.1. The Morgan fingerprint density at radius 2 is 1.78 bits per heavy atom. The number of anilines is 1. The Labute approximate surface area is 134 Å². The van der Waals surface area contributed by atoms with Crippen molar-refractivity contribution in [3.8, 4) is 0 Å². The lowest BCUT2D eigenvalue weighted by molar-refractivity contribution is -0.123. The molecular weight excluding hydrogens is 295 g/mol. The van der Waals surface area contributed by atoms with Gasteiger partial charge in [0, 0.05) is 5.69 Å². The van der Waals surface area contributed by atoms with E-state index in [4.69, 9.17) is 0 Å². The van der Waals surface area contributed by atoms with Gasteiger partial charge in [-0.25, -0.2) is 4.39 Å². The van der Waals surface area contributed by atoms with Crippen LogP contribution in [0.3, 0.4) is 0 Å². The molecule has 0 atom stereocenters. The van der Waals surface area contributed by atoms with Gasteiger partial charge >= 0.3 is 0 Å². The van der Waals surface area contributed by atoms with E-state index in [-0.39, 0.29) is 30.6 Å². The SMILES string of the molecule is Cc1ccc(NC(=O)CNC(=O)Cc2cccc(F)c2)cc1C. The number of rotatable bonds is 5. The van der Waals surface area contributed by atoms with Crippen molar-refractivity contribution in [3.63, 3.8) is 0 Å². The van der Waals surface area contributed by atoms with E-state index in [0.29, 0.717) is 11.3 Å². The molecule has 0 heterocycles. The third kappa shape index (κ3) is 5.21. The Bertz CT molecular complexity index is 729. The molecule has 0 unspecified atom stereocenters. The van der Waals surface area contributed by atoms with Crippen molar-refractivity contribution in [1.29, 1.82) is 0 Å². The van der Waals surface area contributed by atoms with E-state index in [9.17, 15) is 14.0 Å². The fourth-order valence-corrected chi connectivity index (χ4v) is 2.10. The van der Waals surface area contributed by atoms with E-state index in [1.54, 1.807) is 12.1 Å². The first-order valence-corrected chi connectivity index (χ1v) is 7.32. The summed E-state index contributed by atoms with van der Waals surface area (Å²) in [7, 11) is 0. The third-order valence-electron chi connectivity index (χ3n) is 3.49. The minimum absolute atomic E-state index is 0.0364. The summed E-state index contributed by atoms with van der Waals surface area (Å²) in [5.74, 6) is -1.02. The van der Waals surface area contributed by atoms with Crippen molar-refractivity contribution < 1.29 is 14.0 Å². The highest BCUT2D eigenvalue weighted by Crippen LogP contribution is 2.13. The monoisotopic (exact) mass is 314 g/mol. The van der Waals surface area contributed by atoms with E-state index in [1.165, 1.54) is 12.1 Å². The summed E-state index contributed by atoms with van der Waals surface area (Å²) in [5.41, 5.74) is 3.49. The molecule has 0 aliphatic rings. The van der Waals surface area contributed by atoms with E-state index in [2.05, 4.69) is 10.6 Å². The number of aryl methyl sites for hydroxylation is 2. The van der Waals surface area contributed by atoms with Crippen molar-refractivity contribution >= 4 is 17.5 Å². The van der Waals surface area contributed by atoms with Crippen LogP contribution in [-0.2, 0) is 16.0 Å². The molecule has 0 saturated heterocycles. The summed E-state index contributed by atoms with van der Waals surface area (Å²) in [6.07, 6.45) is 0.0364. The third-order valence-corrected chi connectivity index (χ3v) is 3.49. The van der Waals surface area contributed by atoms with Crippen molar-refractivity contribution in [3.05, 3.63) is 65.0 Å². The van der Waals surface area contributed by atoms with Crippen LogP contribution in [0.5, 0.6) is 0 Å². The van der Waals surface area contributed by atoms with Gasteiger partial charge in [0.1, 0.15) is 5.82 Å². The zero-order valence-corrected chi connectivity index (χ0v) is 13.2. The topological polar surface area (TPSA) is 58.2 Å². The molecule has 23 heavy (non-hydrogen) atoms. The average Bonchev–Trinajstić information content (AvgIpc) is 2.49. The quantitative estimate of drug-likeness (QED) is 0.891. The predicted molar refractivity (Wildman–Crippen MR) is 87.7 cm³/mol. The van der Waals surface area contributed by atoms with Crippen molar-refractivity contribution in [1.82, 2.24) is 5.32 Å². The number of benzene rings is 2. The van der Waals surface area contributed by atoms with E-state index < -0.39 is 0 Å². The second-order valence-corrected chi connectivity index (χ2v) is 5.43. The summed E-state index contributed by atoms with van der Waals surface area (Å²) < 4.78 is 13.0. The molecule has 0 radical (unpaired) electrons. The molecule has 5 heteroatoms. The zero-order chi connectivity index (χ0) is 16.8. The first-order valence-electron chi connectivity index (χ1n) is 7.32. The Morgan fingerprint density at radius 3 is 2.48 bits per heavy atom. The lowest BCUT2D eigenvalue weighted by Gasteiger charge is -2.09. The molecule has 0 bridgehead atoms. The molecule has 0 aliphatic carbocycles. The van der Waals surface area contributed by atoms with Crippen LogP contribution in [0, 0.1) is 19.7 Å². The average molecular weight is 314 g/mol. The van der Waals surface area contributed by atoms with Gasteiger partial charge in [0.25, 0.3) is 0 Å². The van der Waals surface area contributed by atoms with Gasteiger partial charge in [-0.15, -0.1) is 0 Å². The van der Waals surface area contributed by atoms with Gasteiger partial charge in [-0.1, -0.05) is 18.2 Å². The van der Waals surface area contributed by atoms with Gasteiger partial charge in [0.05, 0.1) is 13.0 Å². The second-order valence-electron chi connectivity index (χ2n) is 5.43. The van der Waals surface area contributed by atoms with Crippen molar-refractivity contribution in [2.24, 2.45) is 0 Å². The summed E-state index contributed by atoms with van der Waals surface area (Å²) in [5, 5.41) is 5.25. The minimum atomic E-state index is -0.386. The van der Waals surface area contributed by atoms with E-state index in [0.717, 1.165) is 11.1 Å². The number of hydrogen-bond donors (Lipinski definition) is 2. The molecule has 4 nitrogen and oxygen atoms in total. The first-order chi connectivity index (χ1) is 10.9. The molecule has 2 N–H and O–H groups in total. The molecule has 2 rings (SSSR count). The van der Waals surface area contributed by atoms with Gasteiger partial charge in [-0.3, -0.25) is 9.59 Å². The van der Waals surface area contributed by atoms with Crippen LogP contribution >= 0.6 is 0 Å². The summed E-state index contributed by atoms with van der Waals surface area (Å²) >= 11 is 0. The highest BCUT2D eigenvalue weighted by Gasteiger charge is 2.08. The van der Waals surface area contributed by atoms with Crippen LogP contribution in [0.1, 0.15) is 16.7 Å². The van der Waals surface area contributed by atoms with Crippen LogP contribution in [0.25, 0.3) is 0 Å². The largest absolute Gasteiger partial charge is 0.347 e. The number of halogens is 1. The van der Waals surface area contributed by atoms with Crippen LogP contribution < -0.4 is 10.6 Å². The molecule has 0 saturated carbocycles. The fraction of sp³-hybridized carbons (Fsp3) is 0.222. The standard InChI is InChI=1S/C18H19FN2O2/c1-12-6-7-16(8-13(12)2)21-18(23)11-20-17(22)10-14-4-3-5-15(19)9-14/h3-9H,10-11H2,1-2H3,(H,20,22)(H,21,23). The Balaban J connectivity index is 1.81. The molecule has 0 spiro atoms. The predicted octanol–water partition coefficient (Wildman–Crippen LogP) is 2.74.